The zero-order chi connectivity index (χ0) is 14.4. The van der Waals surface area contributed by atoms with Crippen molar-refractivity contribution in [1.29, 1.82) is 0 Å². The molecule has 0 aliphatic carbocycles. The number of thiazole rings is 1. The lowest BCUT2D eigenvalue weighted by Gasteiger charge is -2.14. The Labute approximate surface area is 116 Å². The molecular weight excluding hydrogens is 268 g/mol. The zero-order valence-electron chi connectivity index (χ0n) is 11.6. The van der Waals surface area contributed by atoms with E-state index in [9.17, 15) is 9.59 Å². The molecule has 0 bridgehead atoms. The van der Waals surface area contributed by atoms with Crippen LogP contribution in [0.1, 0.15) is 33.5 Å². The molecule has 0 radical (unpaired) electrons. The number of aromatic nitrogens is 1. The second kappa shape index (κ2) is 7.20. The maximum absolute atomic E-state index is 11.6. The van der Waals surface area contributed by atoms with Crippen molar-refractivity contribution in [3.8, 4) is 0 Å². The molecule has 1 aromatic rings. The number of anilines is 1. The average Bonchev–Trinajstić information content (AvgIpc) is 2.83. The summed E-state index contributed by atoms with van der Waals surface area (Å²) in [6.45, 7) is 2.80. The molecule has 1 rings (SSSR count). The monoisotopic (exact) mass is 286 g/mol. The molecule has 0 saturated carbocycles. The Hall–Kier alpha value is -1.47. The van der Waals surface area contributed by atoms with Gasteiger partial charge in [-0.1, -0.05) is 11.3 Å². The highest BCUT2D eigenvalue weighted by Gasteiger charge is 2.23. The molecule has 0 amide bonds. The minimum absolute atomic E-state index is 0.0913. The number of ketones is 1. The molecule has 0 aromatic carbocycles. The Morgan fingerprint density at radius 1 is 1.37 bits per heavy atom. The predicted octanol–water partition coefficient (Wildman–Crippen LogP) is 1.60. The van der Waals surface area contributed by atoms with Crippen LogP contribution in [0.5, 0.6) is 0 Å². The molecule has 6 nitrogen and oxygen atoms in total. The van der Waals surface area contributed by atoms with E-state index in [-0.39, 0.29) is 11.5 Å². The van der Waals surface area contributed by atoms with Crippen molar-refractivity contribution in [1.82, 2.24) is 4.98 Å². The molecule has 0 N–H and O–H groups in total. The quantitative estimate of drug-likeness (QED) is 0.431. The van der Waals surface area contributed by atoms with E-state index >= 15 is 0 Å². The van der Waals surface area contributed by atoms with Crippen LogP contribution in [0.4, 0.5) is 5.13 Å². The molecule has 1 aromatic heterocycles. The van der Waals surface area contributed by atoms with Crippen molar-refractivity contribution < 1.29 is 19.1 Å². The van der Waals surface area contributed by atoms with E-state index in [1.165, 1.54) is 25.4 Å². The van der Waals surface area contributed by atoms with Crippen molar-refractivity contribution in [3.63, 3.8) is 0 Å². The first-order chi connectivity index (χ1) is 9.01. The van der Waals surface area contributed by atoms with Crippen LogP contribution in [0.2, 0.25) is 0 Å². The van der Waals surface area contributed by atoms with Crippen LogP contribution in [0.25, 0.3) is 0 Å². The van der Waals surface area contributed by atoms with E-state index in [2.05, 4.69) is 9.72 Å². The van der Waals surface area contributed by atoms with Crippen molar-refractivity contribution >= 4 is 28.2 Å². The smallest absolute Gasteiger partial charge is 0.358 e. The molecule has 106 valence electrons. The molecule has 7 heteroatoms. The average molecular weight is 286 g/mol. The first kappa shape index (κ1) is 15.6. The second-order valence-electron chi connectivity index (χ2n) is 3.99. The van der Waals surface area contributed by atoms with Crippen LogP contribution >= 0.6 is 11.3 Å². The maximum Gasteiger partial charge on any atom is 0.358 e. The third-order valence-corrected chi connectivity index (χ3v) is 3.75. The number of hydrogen-bond acceptors (Lipinski definition) is 7. The highest BCUT2D eigenvalue weighted by molar-refractivity contribution is 7.17. The molecule has 0 unspecified atom stereocenters. The van der Waals surface area contributed by atoms with Gasteiger partial charge in [0.15, 0.2) is 16.6 Å². The number of carbonyl (C=O) groups is 2. The second-order valence-corrected chi connectivity index (χ2v) is 4.97. The van der Waals surface area contributed by atoms with E-state index in [4.69, 9.17) is 4.74 Å². The van der Waals surface area contributed by atoms with Crippen LogP contribution in [0.3, 0.4) is 0 Å². The first-order valence-corrected chi connectivity index (χ1v) is 6.63. The minimum atomic E-state index is -0.585. The topological polar surface area (TPSA) is 68.7 Å². The number of Topliss-reactive ketones (excluding diaryl/α,β-unsaturated/α-hetero) is 1. The molecule has 0 fully saturated rings. The minimum Gasteiger partial charge on any atom is -0.464 e. The van der Waals surface area contributed by atoms with Crippen molar-refractivity contribution in [2.24, 2.45) is 0 Å². The highest BCUT2D eigenvalue weighted by atomic mass is 32.1. The Morgan fingerprint density at radius 2 is 2.05 bits per heavy atom. The lowest BCUT2D eigenvalue weighted by atomic mass is 10.3. The van der Waals surface area contributed by atoms with E-state index in [1.54, 1.807) is 7.11 Å². The van der Waals surface area contributed by atoms with E-state index in [1.807, 2.05) is 11.9 Å². The predicted molar refractivity (Wildman–Crippen MR) is 73.2 cm³/mol. The number of esters is 1. The zero-order valence-corrected chi connectivity index (χ0v) is 12.4. The Bertz CT molecular complexity index is 459. The number of nitrogens with zero attached hydrogens (tertiary/aromatic N) is 2. The van der Waals surface area contributed by atoms with Gasteiger partial charge in [0.1, 0.15) is 4.88 Å². The third kappa shape index (κ3) is 4.00. The van der Waals surface area contributed by atoms with Gasteiger partial charge in [-0.05, 0) is 6.42 Å². The Kier molecular flexibility index (Phi) is 5.91. The van der Waals surface area contributed by atoms with Gasteiger partial charge in [0.25, 0.3) is 0 Å². The van der Waals surface area contributed by atoms with Crippen LogP contribution < -0.4 is 4.90 Å². The van der Waals surface area contributed by atoms with Gasteiger partial charge in [0, 0.05) is 34.2 Å². The first-order valence-electron chi connectivity index (χ1n) is 5.81. The lowest BCUT2D eigenvalue weighted by molar-refractivity contribution is 0.0591. The van der Waals surface area contributed by atoms with E-state index in [0.29, 0.717) is 16.6 Å². The van der Waals surface area contributed by atoms with Gasteiger partial charge in [-0.3, -0.25) is 4.79 Å². The number of hydrogen-bond donors (Lipinski definition) is 0. The molecule has 0 aliphatic heterocycles. The molecular formula is C12H18N2O4S. The summed E-state index contributed by atoms with van der Waals surface area (Å²) in [5.74, 6) is -0.771. The fourth-order valence-corrected chi connectivity index (χ4v) is 2.42. The highest BCUT2D eigenvalue weighted by Crippen LogP contribution is 2.26. The van der Waals surface area contributed by atoms with Crippen LogP contribution in [-0.4, -0.2) is 51.2 Å². The summed E-state index contributed by atoms with van der Waals surface area (Å²) < 4.78 is 9.61. The fraction of sp³-hybridized carbons (Fsp3) is 0.583. The van der Waals surface area contributed by atoms with E-state index in [0.717, 1.165) is 13.0 Å². The summed E-state index contributed by atoms with van der Waals surface area (Å²) in [7, 11) is 4.78. The summed E-state index contributed by atoms with van der Waals surface area (Å²) in [5, 5.41) is 0.627. The third-order valence-electron chi connectivity index (χ3n) is 2.48. The Balaban J connectivity index is 2.91. The summed E-state index contributed by atoms with van der Waals surface area (Å²) in [6, 6.07) is 0. The standard InChI is InChI=1S/C12H18N2O4S/c1-8(15)10-9(11(16)18-4)13-12(19-10)14(2)6-5-7-17-3/h5-7H2,1-4H3. The SMILES string of the molecule is COCCCN(C)c1nc(C(=O)OC)c(C(C)=O)s1. The lowest BCUT2D eigenvalue weighted by Crippen LogP contribution is -2.19. The van der Waals surface area contributed by atoms with Crippen LogP contribution in [0, 0.1) is 0 Å². The number of carbonyl (C=O) groups excluding carboxylic acids is 2. The van der Waals surface area contributed by atoms with Gasteiger partial charge in [-0.15, -0.1) is 0 Å². The van der Waals surface area contributed by atoms with Gasteiger partial charge >= 0.3 is 5.97 Å². The van der Waals surface area contributed by atoms with Gasteiger partial charge in [0.2, 0.25) is 0 Å². The van der Waals surface area contributed by atoms with Crippen molar-refractivity contribution in [3.05, 3.63) is 10.6 Å². The van der Waals surface area contributed by atoms with Crippen LogP contribution in [-0.2, 0) is 9.47 Å². The fourth-order valence-electron chi connectivity index (χ4n) is 1.49. The van der Waals surface area contributed by atoms with Gasteiger partial charge < -0.3 is 14.4 Å². The molecule has 0 spiro atoms. The molecule has 0 saturated heterocycles. The molecule has 19 heavy (non-hydrogen) atoms. The summed E-state index contributed by atoms with van der Waals surface area (Å²) in [6.07, 6.45) is 0.843. The molecule has 0 atom stereocenters. The normalized spacial score (nSPS) is 10.3. The summed E-state index contributed by atoms with van der Waals surface area (Å²) in [5.41, 5.74) is 0.0913. The molecule has 1 heterocycles. The number of methoxy groups -OCH3 is 2. The van der Waals surface area contributed by atoms with E-state index < -0.39 is 5.97 Å². The summed E-state index contributed by atoms with van der Waals surface area (Å²) >= 11 is 1.20. The maximum atomic E-state index is 11.6. The van der Waals surface area contributed by atoms with Gasteiger partial charge in [0.05, 0.1) is 7.11 Å². The van der Waals surface area contributed by atoms with Crippen LogP contribution in [0.15, 0.2) is 0 Å². The molecule has 0 aliphatic rings. The van der Waals surface area contributed by atoms with Gasteiger partial charge in [-0.2, -0.15) is 0 Å². The number of rotatable bonds is 7. The Morgan fingerprint density at radius 3 is 2.58 bits per heavy atom. The largest absolute Gasteiger partial charge is 0.464 e. The van der Waals surface area contributed by atoms with Crippen molar-refractivity contribution in [2.45, 2.75) is 13.3 Å². The van der Waals surface area contributed by atoms with Crippen molar-refractivity contribution in [2.75, 3.05) is 39.3 Å². The van der Waals surface area contributed by atoms with Gasteiger partial charge in [-0.25, -0.2) is 9.78 Å². The number of ether oxygens (including phenoxy) is 2. The summed E-state index contributed by atoms with van der Waals surface area (Å²) in [4.78, 5) is 29.5.